The Bertz CT molecular complexity index is 235. The minimum absolute atomic E-state index is 0.110. The zero-order chi connectivity index (χ0) is 11.7. The summed E-state index contributed by atoms with van der Waals surface area (Å²) in [5.41, 5.74) is 0. The molecule has 0 aromatic rings. The molecule has 5 nitrogen and oxygen atoms in total. The van der Waals surface area contributed by atoms with Crippen molar-refractivity contribution in [2.45, 2.75) is 25.8 Å². The third kappa shape index (κ3) is 5.04. The van der Waals surface area contributed by atoms with Crippen molar-refractivity contribution in [3.63, 3.8) is 0 Å². The van der Waals surface area contributed by atoms with Gasteiger partial charge in [-0.1, -0.05) is 13.3 Å². The van der Waals surface area contributed by atoms with Crippen molar-refractivity contribution in [2.24, 2.45) is 0 Å². The van der Waals surface area contributed by atoms with Crippen molar-refractivity contribution < 1.29 is 18.1 Å². The Kier molecular flexibility index (Phi) is 7.16. The van der Waals surface area contributed by atoms with E-state index in [0.29, 0.717) is 6.04 Å². The number of carbonyl (C=O) groups excluding carboxylic acids is 1. The monoisotopic (exact) mass is 231 g/mol. The third-order valence-corrected chi connectivity index (χ3v) is 4.85. The first kappa shape index (κ1) is 14.3. The molecule has 0 aliphatic rings. The zero-order valence-corrected chi connectivity index (χ0v) is 10.4. The maximum atomic E-state index is 11.1. The quantitative estimate of drug-likeness (QED) is 0.586. The van der Waals surface area contributed by atoms with Gasteiger partial charge in [-0.05, 0) is 0 Å². The lowest BCUT2D eigenvalue weighted by molar-refractivity contribution is -0.121. The third-order valence-electron chi connectivity index (χ3n) is 1.91. The maximum Gasteiger partial charge on any atom is 0.500 e. The van der Waals surface area contributed by atoms with Crippen LogP contribution in [0.2, 0.25) is 6.04 Å². The van der Waals surface area contributed by atoms with Crippen LogP contribution >= 0.6 is 0 Å². The van der Waals surface area contributed by atoms with E-state index >= 15 is 0 Å². The number of nitrogens with zero attached hydrogens (tertiary/aromatic N) is 1. The van der Waals surface area contributed by atoms with Gasteiger partial charge in [-0.3, -0.25) is 4.79 Å². The van der Waals surface area contributed by atoms with Crippen LogP contribution in [0.3, 0.4) is 0 Å². The molecule has 0 amide bonds. The Morgan fingerprint density at radius 2 is 2.00 bits per heavy atom. The summed E-state index contributed by atoms with van der Waals surface area (Å²) in [6.45, 7) is 1.88. The summed E-state index contributed by atoms with van der Waals surface area (Å²) in [6, 6.07) is 2.44. The van der Waals surface area contributed by atoms with Crippen LogP contribution in [0, 0.1) is 11.3 Å². The van der Waals surface area contributed by atoms with Gasteiger partial charge in [0.1, 0.15) is 0 Å². The fraction of sp³-hybridized carbons (Fsp3) is 0.778. The molecule has 0 aliphatic carbocycles. The van der Waals surface area contributed by atoms with Crippen LogP contribution in [0.15, 0.2) is 0 Å². The van der Waals surface area contributed by atoms with Gasteiger partial charge in [0, 0.05) is 20.3 Å². The molecule has 0 unspecified atom stereocenters. The summed E-state index contributed by atoms with van der Waals surface area (Å²) in [7, 11) is 0.363. The minimum atomic E-state index is -2.67. The van der Waals surface area contributed by atoms with Gasteiger partial charge >= 0.3 is 8.80 Å². The van der Waals surface area contributed by atoms with Crippen LogP contribution in [-0.4, -0.2) is 35.4 Å². The Morgan fingerprint density at radius 1 is 1.40 bits per heavy atom. The van der Waals surface area contributed by atoms with Crippen LogP contribution in [0.5, 0.6) is 0 Å². The molecule has 0 radical (unpaired) electrons. The van der Waals surface area contributed by atoms with Crippen molar-refractivity contribution >= 4 is 14.6 Å². The van der Waals surface area contributed by atoms with Gasteiger partial charge in [0.2, 0.25) is 0 Å². The van der Waals surface area contributed by atoms with Crippen LogP contribution < -0.4 is 0 Å². The van der Waals surface area contributed by atoms with E-state index in [9.17, 15) is 4.79 Å². The topological polar surface area (TPSA) is 68.6 Å². The number of ketones is 1. The highest BCUT2D eigenvalue weighted by molar-refractivity contribution is 6.60. The van der Waals surface area contributed by atoms with Crippen molar-refractivity contribution in [2.75, 3.05) is 20.8 Å². The highest BCUT2D eigenvalue weighted by Gasteiger charge is 2.38. The van der Waals surface area contributed by atoms with E-state index in [-0.39, 0.29) is 18.8 Å². The molecule has 0 N–H and O–H groups in total. The lowest BCUT2D eigenvalue weighted by Gasteiger charge is -2.25. The van der Waals surface area contributed by atoms with Crippen LogP contribution in [0.25, 0.3) is 0 Å². The van der Waals surface area contributed by atoms with Crippen LogP contribution in [0.1, 0.15) is 19.8 Å². The zero-order valence-electron chi connectivity index (χ0n) is 9.41. The Labute approximate surface area is 91.3 Å². The number of Topliss-reactive ketones (excluding diaryl/α,β-unsaturated/α-hetero) is 1. The normalized spacial score (nSPS) is 11.1. The minimum Gasteiger partial charge on any atom is -0.377 e. The Balaban J connectivity index is 4.17. The van der Waals surface area contributed by atoms with Gasteiger partial charge in [0.15, 0.2) is 5.78 Å². The lowest BCUT2D eigenvalue weighted by atomic mass is 10.3. The first-order chi connectivity index (χ1) is 7.14. The molecular weight excluding hydrogens is 214 g/mol. The molecule has 0 aromatic heterocycles. The SMILES string of the molecule is CCC[Si](OC)(OC)OCC(=O)CC#N. The van der Waals surface area contributed by atoms with Crippen LogP contribution in [-0.2, 0) is 18.1 Å². The average molecular weight is 231 g/mol. The molecule has 0 rings (SSSR count). The van der Waals surface area contributed by atoms with Crippen molar-refractivity contribution in [3.05, 3.63) is 0 Å². The fourth-order valence-electron chi connectivity index (χ4n) is 1.11. The highest BCUT2D eigenvalue weighted by atomic mass is 28.4. The summed E-state index contributed by atoms with van der Waals surface area (Å²) in [6.07, 6.45) is 0.727. The molecule has 6 heteroatoms. The average Bonchev–Trinajstić information content (AvgIpc) is 2.25. The second-order valence-corrected chi connectivity index (χ2v) is 5.97. The first-order valence-corrected chi connectivity index (χ1v) is 6.70. The fourth-order valence-corrected chi connectivity index (χ4v) is 3.06. The second-order valence-electron chi connectivity index (χ2n) is 3.00. The van der Waals surface area contributed by atoms with Gasteiger partial charge in [-0.25, -0.2) is 0 Å². The summed E-state index contributed by atoms with van der Waals surface area (Å²) < 4.78 is 15.8. The van der Waals surface area contributed by atoms with Crippen LogP contribution in [0.4, 0.5) is 0 Å². The Morgan fingerprint density at radius 3 is 2.40 bits per heavy atom. The van der Waals surface area contributed by atoms with Crippen molar-refractivity contribution in [3.8, 4) is 6.07 Å². The van der Waals surface area contributed by atoms with Gasteiger partial charge < -0.3 is 13.3 Å². The molecule has 15 heavy (non-hydrogen) atoms. The predicted octanol–water partition coefficient (Wildman–Crippen LogP) is 1.13. The summed E-state index contributed by atoms with van der Waals surface area (Å²) in [5, 5.41) is 8.31. The van der Waals surface area contributed by atoms with Gasteiger partial charge in [0.05, 0.1) is 19.1 Å². The molecule has 0 aromatic carbocycles. The Hall–Kier alpha value is -0.743. The van der Waals surface area contributed by atoms with E-state index in [4.69, 9.17) is 18.5 Å². The summed E-state index contributed by atoms with van der Waals surface area (Å²) >= 11 is 0. The molecule has 0 saturated carbocycles. The predicted molar refractivity (Wildman–Crippen MR) is 56.1 cm³/mol. The maximum absolute atomic E-state index is 11.1. The van der Waals surface area contributed by atoms with E-state index < -0.39 is 8.80 Å². The molecule has 0 saturated heterocycles. The number of hydrogen-bond acceptors (Lipinski definition) is 5. The van der Waals surface area contributed by atoms with Gasteiger partial charge in [-0.15, -0.1) is 0 Å². The van der Waals surface area contributed by atoms with E-state index in [1.54, 1.807) is 6.07 Å². The van der Waals surface area contributed by atoms with Crippen molar-refractivity contribution in [1.82, 2.24) is 0 Å². The molecule has 86 valence electrons. The molecule has 0 spiro atoms. The molecular formula is C9H17NO4Si. The molecule has 0 fully saturated rings. The number of rotatable bonds is 8. The number of hydrogen-bond donors (Lipinski definition) is 0. The van der Waals surface area contributed by atoms with Gasteiger partial charge in [-0.2, -0.15) is 5.26 Å². The molecule has 0 bridgehead atoms. The standard InChI is InChI=1S/C9H17NO4Si/c1-4-7-15(12-2,13-3)14-8-9(11)5-6-10/h4-5,7-8H2,1-3H3. The van der Waals surface area contributed by atoms with E-state index in [1.807, 2.05) is 6.92 Å². The highest BCUT2D eigenvalue weighted by Crippen LogP contribution is 2.15. The molecule has 0 aliphatic heterocycles. The molecule has 0 atom stereocenters. The van der Waals surface area contributed by atoms with E-state index in [2.05, 4.69) is 0 Å². The largest absolute Gasteiger partial charge is 0.500 e. The smallest absolute Gasteiger partial charge is 0.377 e. The number of nitriles is 1. The number of carbonyl (C=O) groups is 1. The first-order valence-electron chi connectivity index (χ1n) is 4.77. The second kappa shape index (κ2) is 7.54. The summed E-state index contributed by atoms with van der Waals surface area (Å²) in [5.74, 6) is -0.250. The van der Waals surface area contributed by atoms with Crippen molar-refractivity contribution in [1.29, 1.82) is 5.26 Å². The van der Waals surface area contributed by atoms with E-state index in [0.717, 1.165) is 6.42 Å². The van der Waals surface area contributed by atoms with Gasteiger partial charge in [0.25, 0.3) is 0 Å². The lowest BCUT2D eigenvalue weighted by Crippen LogP contribution is -2.44. The summed E-state index contributed by atoms with van der Waals surface area (Å²) in [4.78, 5) is 11.1. The molecule has 0 heterocycles. The van der Waals surface area contributed by atoms with E-state index in [1.165, 1.54) is 14.2 Å².